The highest BCUT2D eigenvalue weighted by molar-refractivity contribution is 5.37. The van der Waals surface area contributed by atoms with Gasteiger partial charge < -0.3 is 5.32 Å². The van der Waals surface area contributed by atoms with Crippen molar-refractivity contribution in [3.63, 3.8) is 0 Å². The quantitative estimate of drug-likeness (QED) is 0.811. The molecular formula is C21H33N3. The zero-order valence-electron chi connectivity index (χ0n) is 16.4. The van der Waals surface area contributed by atoms with Gasteiger partial charge in [-0.25, -0.2) is 4.68 Å². The summed E-state index contributed by atoms with van der Waals surface area (Å²) in [5.74, 6) is 0. The second-order valence-corrected chi connectivity index (χ2v) is 7.94. The maximum Gasteiger partial charge on any atom is 0.0648 e. The van der Waals surface area contributed by atoms with Crippen LogP contribution >= 0.6 is 0 Å². The Morgan fingerprint density at radius 1 is 1.00 bits per heavy atom. The fourth-order valence-corrected chi connectivity index (χ4v) is 3.61. The van der Waals surface area contributed by atoms with Gasteiger partial charge in [0.1, 0.15) is 0 Å². The summed E-state index contributed by atoms with van der Waals surface area (Å²) in [5, 5.41) is 8.70. The van der Waals surface area contributed by atoms with Crippen molar-refractivity contribution < 1.29 is 0 Å². The molecule has 24 heavy (non-hydrogen) atoms. The van der Waals surface area contributed by atoms with Crippen LogP contribution in [0, 0.1) is 13.8 Å². The lowest BCUT2D eigenvalue weighted by atomic mass is 9.83. The predicted octanol–water partition coefficient (Wildman–Crippen LogP) is 4.98. The highest BCUT2D eigenvalue weighted by atomic mass is 15.3. The van der Waals surface area contributed by atoms with Gasteiger partial charge in [0.15, 0.2) is 0 Å². The van der Waals surface area contributed by atoms with Crippen molar-refractivity contribution in [2.24, 2.45) is 0 Å². The van der Waals surface area contributed by atoms with Gasteiger partial charge in [-0.15, -0.1) is 0 Å². The summed E-state index contributed by atoms with van der Waals surface area (Å²) in [6.45, 7) is 15.6. The van der Waals surface area contributed by atoms with Crippen LogP contribution in [0.25, 0.3) is 5.69 Å². The maximum atomic E-state index is 4.82. The Labute approximate surface area is 147 Å². The van der Waals surface area contributed by atoms with Crippen LogP contribution in [0.3, 0.4) is 0 Å². The van der Waals surface area contributed by atoms with Gasteiger partial charge in [0.05, 0.1) is 11.4 Å². The highest BCUT2D eigenvalue weighted by Crippen LogP contribution is 2.28. The van der Waals surface area contributed by atoms with Crippen molar-refractivity contribution in [3.05, 3.63) is 47.3 Å². The van der Waals surface area contributed by atoms with Crippen LogP contribution in [0.15, 0.2) is 30.3 Å². The molecule has 0 amide bonds. The van der Waals surface area contributed by atoms with E-state index in [0.717, 1.165) is 30.6 Å². The average molecular weight is 328 g/mol. The molecule has 0 unspecified atom stereocenters. The molecular weight excluding hydrogens is 294 g/mol. The first-order valence-corrected chi connectivity index (χ1v) is 9.11. The normalized spacial score (nSPS) is 12.6. The number of hydrogen-bond donors (Lipinski definition) is 1. The van der Waals surface area contributed by atoms with Crippen LogP contribution in [0.1, 0.15) is 64.4 Å². The van der Waals surface area contributed by atoms with Crippen molar-refractivity contribution in [2.45, 2.75) is 78.8 Å². The lowest BCUT2D eigenvalue weighted by Crippen LogP contribution is -2.54. The van der Waals surface area contributed by atoms with E-state index in [4.69, 9.17) is 5.10 Å². The van der Waals surface area contributed by atoms with Crippen molar-refractivity contribution >= 4 is 0 Å². The molecule has 0 fully saturated rings. The summed E-state index contributed by atoms with van der Waals surface area (Å²) in [5.41, 5.74) is 5.10. The molecule has 1 aromatic carbocycles. The second-order valence-electron chi connectivity index (χ2n) is 7.94. The van der Waals surface area contributed by atoms with E-state index in [1.165, 1.54) is 11.3 Å². The summed E-state index contributed by atoms with van der Waals surface area (Å²) in [4.78, 5) is 0. The van der Waals surface area contributed by atoms with Crippen LogP contribution in [0.5, 0.6) is 0 Å². The number of aryl methyl sites for hydroxylation is 1. The number of para-hydroxylation sites is 1. The van der Waals surface area contributed by atoms with Gasteiger partial charge in [-0.3, -0.25) is 0 Å². The van der Waals surface area contributed by atoms with E-state index >= 15 is 0 Å². The zero-order valence-corrected chi connectivity index (χ0v) is 16.4. The topological polar surface area (TPSA) is 29.9 Å². The van der Waals surface area contributed by atoms with E-state index in [9.17, 15) is 0 Å². The first-order chi connectivity index (χ1) is 11.2. The Morgan fingerprint density at radius 3 is 2.08 bits per heavy atom. The van der Waals surface area contributed by atoms with Crippen molar-refractivity contribution in [2.75, 3.05) is 0 Å². The Morgan fingerprint density at radius 2 is 1.58 bits per heavy atom. The Bertz CT molecular complexity index is 658. The SMILES string of the molecule is CCC(CC)(Cc1c(C)nn(-c2ccccc2)c1C)NC(C)(C)C. The van der Waals surface area contributed by atoms with Gasteiger partial charge in [-0.1, -0.05) is 32.0 Å². The maximum absolute atomic E-state index is 4.82. The monoisotopic (exact) mass is 327 g/mol. The number of benzene rings is 1. The molecule has 0 spiro atoms. The lowest BCUT2D eigenvalue weighted by molar-refractivity contribution is 0.224. The molecule has 0 aliphatic heterocycles. The number of nitrogens with zero attached hydrogens (tertiary/aromatic N) is 2. The third-order valence-corrected chi connectivity index (χ3v) is 4.95. The minimum atomic E-state index is 0.100. The Balaban J connectivity index is 2.40. The number of aromatic nitrogens is 2. The minimum absolute atomic E-state index is 0.100. The standard InChI is InChI=1S/C21H33N3/c1-8-21(9-2,23-20(5,6)7)15-19-16(3)22-24(17(19)4)18-13-11-10-12-14-18/h10-14,23H,8-9,15H2,1-7H3. The largest absolute Gasteiger partial charge is 0.306 e. The van der Waals surface area contributed by atoms with E-state index in [0.29, 0.717) is 0 Å². The minimum Gasteiger partial charge on any atom is -0.306 e. The lowest BCUT2D eigenvalue weighted by Gasteiger charge is -2.40. The van der Waals surface area contributed by atoms with Crippen molar-refractivity contribution in [1.82, 2.24) is 15.1 Å². The van der Waals surface area contributed by atoms with Gasteiger partial charge in [0.25, 0.3) is 0 Å². The fourth-order valence-electron chi connectivity index (χ4n) is 3.61. The third-order valence-electron chi connectivity index (χ3n) is 4.95. The van der Waals surface area contributed by atoms with E-state index in [1.54, 1.807) is 0 Å². The molecule has 3 heteroatoms. The van der Waals surface area contributed by atoms with Crippen molar-refractivity contribution in [1.29, 1.82) is 0 Å². The summed E-state index contributed by atoms with van der Waals surface area (Å²) >= 11 is 0. The highest BCUT2D eigenvalue weighted by Gasteiger charge is 2.32. The molecule has 0 aliphatic carbocycles. The van der Waals surface area contributed by atoms with Crippen LogP contribution < -0.4 is 5.32 Å². The molecule has 0 bridgehead atoms. The molecule has 0 aliphatic rings. The first-order valence-electron chi connectivity index (χ1n) is 9.11. The molecule has 1 aromatic heterocycles. The van der Waals surface area contributed by atoms with Gasteiger partial charge in [-0.2, -0.15) is 5.10 Å². The number of hydrogen-bond acceptors (Lipinski definition) is 2. The van der Waals surface area contributed by atoms with E-state index in [2.05, 4.69) is 82.7 Å². The first kappa shape index (κ1) is 18.7. The number of nitrogens with one attached hydrogen (secondary N) is 1. The van der Waals surface area contributed by atoms with Crippen molar-refractivity contribution in [3.8, 4) is 5.69 Å². The average Bonchev–Trinajstić information content (AvgIpc) is 2.81. The summed E-state index contributed by atoms with van der Waals surface area (Å²) < 4.78 is 2.08. The van der Waals surface area contributed by atoms with Gasteiger partial charge in [-0.05, 0) is 71.6 Å². The third kappa shape index (κ3) is 4.07. The summed E-state index contributed by atoms with van der Waals surface area (Å²) in [6.07, 6.45) is 3.23. The van der Waals surface area contributed by atoms with Crippen LogP contribution in [0.2, 0.25) is 0 Å². The van der Waals surface area contributed by atoms with Gasteiger partial charge in [0.2, 0.25) is 0 Å². The van der Waals surface area contributed by atoms with Gasteiger partial charge in [0, 0.05) is 16.8 Å². The Hall–Kier alpha value is -1.61. The zero-order chi connectivity index (χ0) is 18.0. The summed E-state index contributed by atoms with van der Waals surface area (Å²) in [6, 6.07) is 10.4. The van der Waals surface area contributed by atoms with Crippen LogP contribution in [0.4, 0.5) is 0 Å². The molecule has 2 rings (SSSR count). The number of rotatable bonds is 6. The molecule has 0 saturated carbocycles. The molecule has 2 aromatic rings. The molecule has 0 saturated heterocycles. The van der Waals surface area contributed by atoms with E-state index < -0.39 is 0 Å². The van der Waals surface area contributed by atoms with Crippen LogP contribution in [-0.4, -0.2) is 20.9 Å². The molecule has 3 nitrogen and oxygen atoms in total. The predicted molar refractivity (Wildman–Crippen MR) is 103 cm³/mol. The van der Waals surface area contributed by atoms with Crippen LogP contribution in [-0.2, 0) is 6.42 Å². The smallest absolute Gasteiger partial charge is 0.0648 e. The molecule has 1 heterocycles. The molecule has 132 valence electrons. The molecule has 1 N–H and O–H groups in total. The molecule has 0 radical (unpaired) electrons. The Kier molecular flexibility index (Phi) is 5.54. The van der Waals surface area contributed by atoms with Gasteiger partial charge >= 0.3 is 0 Å². The fraction of sp³-hybridized carbons (Fsp3) is 0.571. The molecule has 0 atom stereocenters. The second kappa shape index (κ2) is 7.10. The summed E-state index contributed by atoms with van der Waals surface area (Å²) in [7, 11) is 0. The van der Waals surface area contributed by atoms with E-state index in [1.807, 2.05) is 6.07 Å². The van der Waals surface area contributed by atoms with E-state index in [-0.39, 0.29) is 11.1 Å².